The molecule has 1 aromatic carbocycles. The lowest BCUT2D eigenvalue weighted by Crippen LogP contribution is -2.17. The Balaban J connectivity index is 2.19. The maximum atomic E-state index is 11.8. The van der Waals surface area contributed by atoms with Gasteiger partial charge < -0.3 is 5.32 Å². The SMILES string of the molecule is FC(F)(F)CCCNCc1ccccc1Br. The van der Waals surface area contributed by atoms with Crippen LogP contribution in [-0.2, 0) is 6.54 Å². The van der Waals surface area contributed by atoms with E-state index in [-0.39, 0.29) is 6.42 Å². The van der Waals surface area contributed by atoms with Crippen LogP contribution in [0.4, 0.5) is 13.2 Å². The molecule has 0 unspecified atom stereocenters. The molecule has 0 atom stereocenters. The van der Waals surface area contributed by atoms with Gasteiger partial charge in [-0.15, -0.1) is 0 Å². The fourth-order valence-corrected chi connectivity index (χ4v) is 1.70. The minimum Gasteiger partial charge on any atom is -0.313 e. The van der Waals surface area contributed by atoms with Crippen LogP contribution in [0.2, 0.25) is 0 Å². The maximum Gasteiger partial charge on any atom is 0.389 e. The van der Waals surface area contributed by atoms with Crippen molar-refractivity contribution in [1.29, 1.82) is 0 Å². The lowest BCUT2D eigenvalue weighted by Gasteiger charge is -2.08. The molecule has 0 radical (unpaired) electrons. The molecule has 0 aromatic heterocycles. The highest BCUT2D eigenvalue weighted by molar-refractivity contribution is 9.10. The summed E-state index contributed by atoms with van der Waals surface area (Å²) in [7, 11) is 0. The Morgan fingerprint density at radius 3 is 2.50 bits per heavy atom. The zero-order chi connectivity index (χ0) is 12.0. The Kier molecular flexibility index (Phi) is 5.28. The summed E-state index contributed by atoms with van der Waals surface area (Å²) >= 11 is 3.38. The van der Waals surface area contributed by atoms with Crippen molar-refractivity contribution in [3.8, 4) is 0 Å². The number of nitrogens with one attached hydrogen (secondary N) is 1. The molecule has 0 heterocycles. The molecule has 0 fully saturated rings. The van der Waals surface area contributed by atoms with Crippen LogP contribution >= 0.6 is 15.9 Å². The van der Waals surface area contributed by atoms with Crippen molar-refractivity contribution >= 4 is 15.9 Å². The van der Waals surface area contributed by atoms with Crippen LogP contribution in [0.5, 0.6) is 0 Å². The molecule has 0 aliphatic rings. The first kappa shape index (κ1) is 13.5. The van der Waals surface area contributed by atoms with Crippen molar-refractivity contribution in [2.75, 3.05) is 6.54 Å². The summed E-state index contributed by atoms with van der Waals surface area (Å²) < 4.78 is 36.5. The third kappa shape index (κ3) is 5.51. The van der Waals surface area contributed by atoms with E-state index < -0.39 is 12.6 Å². The molecule has 90 valence electrons. The predicted molar refractivity (Wildman–Crippen MR) is 61.1 cm³/mol. The molecule has 0 bridgehead atoms. The molecule has 0 saturated heterocycles. The Hall–Kier alpha value is -0.550. The Morgan fingerprint density at radius 1 is 1.19 bits per heavy atom. The minimum atomic E-state index is -4.05. The van der Waals surface area contributed by atoms with Crippen LogP contribution in [0.25, 0.3) is 0 Å². The third-order valence-corrected chi connectivity index (χ3v) is 2.86. The smallest absolute Gasteiger partial charge is 0.313 e. The van der Waals surface area contributed by atoms with Gasteiger partial charge in [-0.3, -0.25) is 0 Å². The van der Waals surface area contributed by atoms with Crippen LogP contribution < -0.4 is 5.32 Å². The van der Waals surface area contributed by atoms with Gasteiger partial charge in [0.15, 0.2) is 0 Å². The Labute approximate surface area is 101 Å². The molecule has 1 aromatic rings. The summed E-state index contributed by atoms with van der Waals surface area (Å²) in [5.41, 5.74) is 1.05. The van der Waals surface area contributed by atoms with Crippen molar-refractivity contribution < 1.29 is 13.2 Å². The van der Waals surface area contributed by atoms with Crippen LogP contribution in [0.15, 0.2) is 28.7 Å². The van der Waals surface area contributed by atoms with Crippen LogP contribution in [0.1, 0.15) is 18.4 Å². The summed E-state index contributed by atoms with van der Waals surface area (Å²) in [6, 6.07) is 7.64. The molecule has 0 aliphatic carbocycles. The summed E-state index contributed by atoms with van der Waals surface area (Å²) in [6.07, 6.45) is -4.65. The van der Waals surface area contributed by atoms with Crippen LogP contribution in [-0.4, -0.2) is 12.7 Å². The number of hydrogen-bond acceptors (Lipinski definition) is 1. The van der Waals surface area contributed by atoms with E-state index in [4.69, 9.17) is 0 Å². The number of benzene rings is 1. The second-order valence-corrected chi connectivity index (χ2v) is 4.34. The van der Waals surface area contributed by atoms with Gasteiger partial charge in [-0.2, -0.15) is 13.2 Å². The van der Waals surface area contributed by atoms with Gasteiger partial charge in [-0.05, 0) is 24.6 Å². The number of halogens is 4. The molecule has 0 amide bonds. The van der Waals surface area contributed by atoms with E-state index in [1.807, 2.05) is 24.3 Å². The number of rotatable bonds is 5. The van der Waals surface area contributed by atoms with Gasteiger partial charge in [0, 0.05) is 17.4 Å². The standard InChI is InChI=1S/C11H13BrF3N/c12-10-5-2-1-4-9(10)8-16-7-3-6-11(13,14)15/h1-2,4-5,16H,3,6-8H2. The summed E-state index contributed by atoms with van der Waals surface area (Å²) in [5, 5.41) is 2.99. The lowest BCUT2D eigenvalue weighted by atomic mass is 10.2. The first-order valence-electron chi connectivity index (χ1n) is 5.00. The zero-order valence-electron chi connectivity index (χ0n) is 8.65. The first-order valence-corrected chi connectivity index (χ1v) is 5.79. The molecular weight excluding hydrogens is 283 g/mol. The fourth-order valence-electron chi connectivity index (χ4n) is 1.28. The van der Waals surface area contributed by atoms with Crippen molar-refractivity contribution in [1.82, 2.24) is 5.32 Å². The normalized spacial score (nSPS) is 11.8. The third-order valence-electron chi connectivity index (χ3n) is 2.09. The first-order chi connectivity index (χ1) is 7.49. The van der Waals surface area contributed by atoms with E-state index in [1.54, 1.807) is 0 Å². The quantitative estimate of drug-likeness (QED) is 0.813. The van der Waals surface area contributed by atoms with E-state index in [1.165, 1.54) is 0 Å². The highest BCUT2D eigenvalue weighted by atomic mass is 79.9. The van der Waals surface area contributed by atoms with Gasteiger partial charge in [-0.25, -0.2) is 0 Å². The summed E-state index contributed by atoms with van der Waals surface area (Å²) in [6.45, 7) is 0.958. The van der Waals surface area contributed by atoms with E-state index in [0.717, 1.165) is 10.0 Å². The highest BCUT2D eigenvalue weighted by Crippen LogP contribution is 2.20. The molecular formula is C11H13BrF3N. The number of hydrogen-bond donors (Lipinski definition) is 1. The summed E-state index contributed by atoms with van der Waals surface area (Å²) in [5.74, 6) is 0. The molecule has 1 rings (SSSR count). The molecule has 1 nitrogen and oxygen atoms in total. The van der Waals surface area contributed by atoms with Gasteiger partial charge in [0.2, 0.25) is 0 Å². The van der Waals surface area contributed by atoms with E-state index in [0.29, 0.717) is 13.1 Å². The topological polar surface area (TPSA) is 12.0 Å². The van der Waals surface area contributed by atoms with Gasteiger partial charge >= 0.3 is 6.18 Å². The van der Waals surface area contributed by atoms with E-state index in [9.17, 15) is 13.2 Å². The predicted octanol–water partition coefficient (Wildman–Crippen LogP) is 3.88. The largest absolute Gasteiger partial charge is 0.389 e. The zero-order valence-corrected chi connectivity index (χ0v) is 10.2. The van der Waals surface area contributed by atoms with Gasteiger partial charge in [0.25, 0.3) is 0 Å². The van der Waals surface area contributed by atoms with Crippen molar-refractivity contribution in [3.63, 3.8) is 0 Å². The highest BCUT2D eigenvalue weighted by Gasteiger charge is 2.25. The van der Waals surface area contributed by atoms with Crippen LogP contribution in [0.3, 0.4) is 0 Å². The molecule has 1 N–H and O–H groups in total. The van der Waals surface area contributed by atoms with Gasteiger partial charge in [0.05, 0.1) is 0 Å². The second kappa shape index (κ2) is 6.25. The average Bonchev–Trinajstić information content (AvgIpc) is 2.18. The second-order valence-electron chi connectivity index (χ2n) is 3.49. The van der Waals surface area contributed by atoms with Crippen LogP contribution in [0, 0.1) is 0 Å². The maximum absolute atomic E-state index is 11.8. The molecule has 0 aliphatic heterocycles. The van der Waals surface area contributed by atoms with E-state index in [2.05, 4.69) is 21.2 Å². The van der Waals surface area contributed by atoms with E-state index >= 15 is 0 Å². The average molecular weight is 296 g/mol. The summed E-state index contributed by atoms with van der Waals surface area (Å²) in [4.78, 5) is 0. The van der Waals surface area contributed by atoms with Crippen molar-refractivity contribution in [3.05, 3.63) is 34.3 Å². The van der Waals surface area contributed by atoms with Crippen molar-refractivity contribution in [2.45, 2.75) is 25.6 Å². The monoisotopic (exact) mass is 295 g/mol. The molecule has 16 heavy (non-hydrogen) atoms. The fraction of sp³-hybridized carbons (Fsp3) is 0.455. The number of alkyl halides is 3. The van der Waals surface area contributed by atoms with Gasteiger partial charge in [-0.1, -0.05) is 34.1 Å². The minimum absolute atomic E-state index is 0.119. The van der Waals surface area contributed by atoms with Gasteiger partial charge in [0.1, 0.15) is 0 Å². The molecule has 0 saturated carbocycles. The molecule has 0 spiro atoms. The Bertz CT molecular complexity index is 325. The Morgan fingerprint density at radius 2 is 1.88 bits per heavy atom. The van der Waals surface area contributed by atoms with Crippen molar-refractivity contribution in [2.24, 2.45) is 0 Å². The molecule has 5 heteroatoms. The lowest BCUT2D eigenvalue weighted by molar-refractivity contribution is -0.135.